The number of aromatic nitrogens is 5. The highest BCUT2D eigenvalue weighted by atomic mass is 16.4. The second kappa shape index (κ2) is 9.19. The minimum atomic E-state index is 0.111. The lowest BCUT2D eigenvalue weighted by molar-refractivity contribution is 0.189. The fraction of sp³-hybridized carbons (Fsp3) is 0.296. The number of likely N-dealkylation sites (tertiary alicyclic amines) is 1. The Morgan fingerprint density at radius 3 is 2.84 bits per heavy atom. The Morgan fingerprint density at radius 1 is 1.19 bits per heavy atom. The van der Waals surface area contributed by atoms with E-state index in [1.54, 1.807) is 0 Å². The van der Waals surface area contributed by atoms with Gasteiger partial charge < -0.3 is 15.5 Å². The van der Waals surface area contributed by atoms with Gasteiger partial charge in [-0.05, 0) is 62.6 Å². The molecule has 3 aromatic heterocycles. The predicted octanol–water partition coefficient (Wildman–Crippen LogP) is 4.74. The second-order valence-corrected chi connectivity index (χ2v) is 9.59. The van der Waals surface area contributed by atoms with Crippen LogP contribution >= 0.6 is 0 Å². The van der Waals surface area contributed by atoms with Crippen LogP contribution in [0.2, 0.25) is 0 Å². The number of hydrogen-bond acceptors (Lipinski definition) is 9. The Hall–Kier alpha value is -4.49. The van der Waals surface area contributed by atoms with E-state index in [9.17, 15) is 0 Å². The topological polar surface area (TPSA) is 135 Å². The largest absolute Gasteiger partial charge is 0.423 e. The van der Waals surface area contributed by atoms with Crippen LogP contribution in [0.15, 0.2) is 47.1 Å². The second-order valence-electron chi connectivity index (χ2n) is 9.59. The van der Waals surface area contributed by atoms with E-state index in [4.69, 9.17) is 20.5 Å². The Bertz CT molecular complexity index is 1650. The van der Waals surface area contributed by atoms with E-state index in [0.717, 1.165) is 70.5 Å². The fourth-order valence-corrected chi connectivity index (χ4v) is 5.19. The van der Waals surface area contributed by atoms with Gasteiger partial charge in [-0.3, -0.25) is 4.90 Å². The van der Waals surface area contributed by atoms with Crippen molar-refractivity contribution in [1.82, 2.24) is 29.6 Å². The highest BCUT2D eigenvalue weighted by Crippen LogP contribution is 2.34. The van der Waals surface area contributed by atoms with Crippen LogP contribution in [0.5, 0.6) is 0 Å². The average molecular weight is 494 g/mol. The Morgan fingerprint density at radius 2 is 2.03 bits per heavy atom. The fourth-order valence-electron chi connectivity index (χ4n) is 5.19. The molecule has 0 unspecified atom stereocenters. The molecule has 0 spiro atoms. The summed E-state index contributed by atoms with van der Waals surface area (Å²) in [7, 11) is 0. The number of hydrogen-bond donors (Lipinski definition) is 2. The number of oxazole rings is 1. The number of nitrogens with one attached hydrogen (secondary N) is 1. The predicted molar refractivity (Wildman–Crippen MR) is 142 cm³/mol. The van der Waals surface area contributed by atoms with E-state index in [2.05, 4.69) is 37.3 Å². The van der Waals surface area contributed by atoms with Crippen LogP contribution in [0.3, 0.4) is 0 Å². The molecule has 5 aromatic rings. The number of piperidine rings is 1. The molecule has 0 amide bonds. The van der Waals surface area contributed by atoms with Crippen molar-refractivity contribution in [1.29, 1.82) is 5.26 Å². The summed E-state index contributed by atoms with van der Waals surface area (Å²) in [6.07, 6.45) is 3.44. The van der Waals surface area contributed by atoms with Gasteiger partial charge in [-0.25, -0.2) is 14.6 Å². The maximum absolute atomic E-state index is 9.15. The number of benzene rings is 2. The third-order valence-electron chi connectivity index (χ3n) is 6.87. The van der Waals surface area contributed by atoms with Gasteiger partial charge in [0.1, 0.15) is 23.4 Å². The summed E-state index contributed by atoms with van der Waals surface area (Å²) in [4.78, 5) is 15.5. The third kappa shape index (κ3) is 4.23. The zero-order chi connectivity index (χ0) is 25.5. The standard InChI is InChI=1S/C27H27N9O/c1-16-12-17(2)24-21(13-16)33-27(37-24)32-19-7-5-18(6-8-19)23-22-25(29)30-15-31-26(22)36(34-23)20-4-3-10-35(14-20)11-9-28/h5-8,12-13,15,20H,3-4,10-11,14H2,1-2H3,(H,32,33)(H2,29,30,31)/t20-/m1/s1. The van der Waals surface area contributed by atoms with E-state index in [1.807, 2.05) is 48.9 Å². The zero-order valence-corrected chi connectivity index (χ0v) is 20.8. The highest BCUT2D eigenvalue weighted by Gasteiger charge is 2.26. The molecule has 4 heterocycles. The summed E-state index contributed by atoms with van der Waals surface area (Å²) in [5.41, 5.74) is 13.3. The van der Waals surface area contributed by atoms with Gasteiger partial charge in [0.2, 0.25) is 0 Å². The maximum Gasteiger partial charge on any atom is 0.300 e. The van der Waals surface area contributed by atoms with Crippen molar-refractivity contribution in [2.24, 2.45) is 0 Å². The molecule has 10 nitrogen and oxygen atoms in total. The van der Waals surface area contributed by atoms with E-state index in [0.29, 0.717) is 24.0 Å². The third-order valence-corrected chi connectivity index (χ3v) is 6.87. The molecule has 0 saturated carbocycles. The molecule has 1 fully saturated rings. The first kappa shape index (κ1) is 22.9. The van der Waals surface area contributed by atoms with Gasteiger partial charge in [0.15, 0.2) is 11.2 Å². The van der Waals surface area contributed by atoms with Crippen molar-refractivity contribution in [2.75, 3.05) is 30.7 Å². The van der Waals surface area contributed by atoms with Crippen LogP contribution in [0.4, 0.5) is 17.5 Å². The molecule has 6 rings (SSSR count). The minimum Gasteiger partial charge on any atom is -0.423 e. The van der Waals surface area contributed by atoms with Crippen LogP contribution in [0, 0.1) is 25.2 Å². The van der Waals surface area contributed by atoms with Crippen molar-refractivity contribution in [3.8, 4) is 17.3 Å². The number of nitrogens with two attached hydrogens (primary N) is 1. The lowest BCUT2D eigenvalue weighted by atomic mass is 10.1. The van der Waals surface area contributed by atoms with Crippen LogP contribution < -0.4 is 11.1 Å². The smallest absolute Gasteiger partial charge is 0.300 e. The molecule has 37 heavy (non-hydrogen) atoms. The molecule has 10 heteroatoms. The van der Waals surface area contributed by atoms with Crippen molar-refractivity contribution < 1.29 is 4.42 Å². The minimum absolute atomic E-state index is 0.111. The molecule has 3 N–H and O–H groups in total. The van der Waals surface area contributed by atoms with Gasteiger partial charge >= 0.3 is 0 Å². The molecule has 0 radical (unpaired) electrons. The number of anilines is 3. The number of nitriles is 1. The normalized spacial score (nSPS) is 16.3. The van der Waals surface area contributed by atoms with Gasteiger partial charge in [-0.2, -0.15) is 15.3 Å². The molecule has 2 aromatic carbocycles. The number of fused-ring (bicyclic) bond motifs is 2. The summed E-state index contributed by atoms with van der Waals surface area (Å²) < 4.78 is 7.91. The van der Waals surface area contributed by atoms with Crippen molar-refractivity contribution in [3.05, 3.63) is 53.9 Å². The number of nitrogen functional groups attached to an aromatic ring is 1. The Labute approximate surface area is 213 Å². The molecular weight excluding hydrogens is 466 g/mol. The van der Waals surface area contributed by atoms with Gasteiger partial charge in [-0.15, -0.1) is 0 Å². The Balaban J connectivity index is 1.32. The maximum atomic E-state index is 9.15. The van der Waals surface area contributed by atoms with Gasteiger partial charge in [0.05, 0.1) is 24.0 Å². The van der Waals surface area contributed by atoms with Crippen LogP contribution in [-0.4, -0.2) is 49.3 Å². The first-order valence-electron chi connectivity index (χ1n) is 12.3. The quantitative estimate of drug-likeness (QED) is 0.333. The number of nitrogens with zero attached hydrogens (tertiary/aromatic N) is 7. The molecular formula is C27H27N9O. The van der Waals surface area contributed by atoms with Crippen LogP contribution in [0.25, 0.3) is 33.4 Å². The first-order valence-corrected chi connectivity index (χ1v) is 12.3. The molecule has 1 saturated heterocycles. The lowest BCUT2D eigenvalue weighted by Gasteiger charge is -2.31. The Kier molecular flexibility index (Phi) is 5.70. The van der Waals surface area contributed by atoms with E-state index in [1.165, 1.54) is 6.33 Å². The van der Waals surface area contributed by atoms with E-state index < -0.39 is 0 Å². The summed E-state index contributed by atoms with van der Waals surface area (Å²) >= 11 is 0. The van der Waals surface area contributed by atoms with Crippen LogP contribution in [-0.2, 0) is 0 Å². The summed E-state index contributed by atoms with van der Waals surface area (Å²) in [5, 5.41) is 18.1. The van der Waals surface area contributed by atoms with Gasteiger partial charge in [0, 0.05) is 17.8 Å². The molecule has 0 bridgehead atoms. The first-order chi connectivity index (χ1) is 18.0. The summed E-state index contributed by atoms with van der Waals surface area (Å²) in [6, 6.07) is 14.8. The van der Waals surface area contributed by atoms with Gasteiger partial charge in [0.25, 0.3) is 6.01 Å². The lowest BCUT2D eigenvalue weighted by Crippen LogP contribution is -2.37. The summed E-state index contributed by atoms with van der Waals surface area (Å²) in [6.45, 7) is 6.15. The van der Waals surface area contributed by atoms with Crippen molar-refractivity contribution in [3.63, 3.8) is 0 Å². The summed E-state index contributed by atoms with van der Waals surface area (Å²) in [5.74, 6) is 0.398. The number of rotatable bonds is 5. The van der Waals surface area contributed by atoms with E-state index in [-0.39, 0.29) is 6.04 Å². The monoisotopic (exact) mass is 493 g/mol. The molecule has 0 aliphatic carbocycles. The van der Waals surface area contributed by atoms with Crippen molar-refractivity contribution >= 4 is 39.7 Å². The molecule has 1 aliphatic rings. The van der Waals surface area contributed by atoms with E-state index >= 15 is 0 Å². The van der Waals surface area contributed by atoms with Gasteiger partial charge in [-0.1, -0.05) is 18.2 Å². The number of aryl methyl sites for hydroxylation is 2. The average Bonchev–Trinajstić information content (AvgIpc) is 3.47. The zero-order valence-electron chi connectivity index (χ0n) is 20.8. The highest BCUT2D eigenvalue weighted by molar-refractivity contribution is 5.98. The molecule has 1 atom stereocenters. The van der Waals surface area contributed by atoms with Crippen LogP contribution in [0.1, 0.15) is 30.0 Å². The van der Waals surface area contributed by atoms with Crippen molar-refractivity contribution in [2.45, 2.75) is 32.7 Å². The SMILES string of the molecule is Cc1cc(C)c2oc(Nc3ccc(-c4nn([C@@H]5CCCN(CC#N)C5)c5ncnc(N)c45)cc3)nc2c1. The molecule has 1 aliphatic heterocycles. The molecule has 186 valence electrons.